The Balaban J connectivity index is 1.49. The smallest absolute Gasteiger partial charge is 0.272 e. The molecule has 0 spiro atoms. The molecule has 2 aliphatic heterocycles. The first-order chi connectivity index (χ1) is 13.7. The van der Waals surface area contributed by atoms with Crippen LogP contribution in [0.4, 0.5) is 4.39 Å². The van der Waals surface area contributed by atoms with Gasteiger partial charge in [-0.1, -0.05) is 0 Å². The number of aromatic nitrogens is 4. The third kappa shape index (κ3) is 2.61. The summed E-state index contributed by atoms with van der Waals surface area (Å²) in [5, 5.41) is 4.23. The number of amides is 1. The highest BCUT2D eigenvalue weighted by Gasteiger charge is 2.44. The Morgan fingerprint density at radius 1 is 1.21 bits per heavy atom. The molecule has 2 atom stereocenters. The van der Waals surface area contributed by atoms with E-state index in [1.165, 1.54) is 12.1 Å². The Labute approximate surface area is 162 Å². The molecule has 1 saturated heterocycles. The van der Waals surface area contributed by atoms with Crippen molar-refractivity contribution in [2.45, 2.75) is 44.8 Å². The van der Waals surface area contributed by atoms with Crippen molar-refractivity contribution in [1.82, 2.24) is 24.6 Å². The zero-order valence-electron chi connectivity index (χ0n) is 15.5. The maximum atomic E-state index is 13.2. The molecule has 1 fully saturated rings. The minimum Gasteiger partial charge on any atom is -0.327 e. The molecule has 0 saturated carbocycles. The molecule has 1 aromatic carbocycles. The molecule has 2 aliphatic rings. The maximum absolute atomic E-state index is 13.2. The van der Waals surface area contributed by atoms with Gasteiger partial charge in [0.05, 0.1) is 11.7 Å². The number of halogens is 1. The molecule has 2 bridgehead atoms. The van der Waals surface area contributed by atoms with Gasteiger partial charge in [0.1, 0.15) is 11.5 Å². The minimum atomic E-state index is -0.278. The number of rotatable bonds is 3. The van der Waals surface area contributed by atoms with Crippen LogP contribution in [0.15, 0.2) is 42.7 Å². The van der Waals surface area contributed by atoms with Gasteiger partial charge >= 0.3 is 0 Å². The largest absolute Gasteiger partial charge is 0.327 e. The summed E-state index contributed by atoms with van der Waals surface area (Å²) in [6.07, 6.45) is 6.11. The van der Waals surface area contributed by atoms with Gasteiger partial charge in [-0.15, -0.1) is 0 Å². The third-order valence-electron chi connectivity index (χ3n) is 5.76. The second-order valence-electron chi connectivity index (χ2n) is 7.30. The maximum Gasteiger partial charge on any atom is 0.272 e. The molecule has 28 heavy (non-hydrogen) atoms. The van der Waals surface area contributed by atoms with E-state index in [0.717, 1.165) is 29.7 Å². The van der Waals surface area contributed by atoms with Gasteiger partial charge in [-0.25, -0.2) is 14.4 Å². The normalized spacial score (nSPS) is 20.3. The van der Waals surface area contributed by atoms with Gasteiger partial charge in [0.25, 0.3) is 5.91 Å². The monoisotopic (exact) mass is 377 g/mol. The van der Waals surface area contributed by atoms with Crippen molar-refractivity contribution in [3.8, 4) is 11.4 Å². The van der Waals surface area contributed by atoms with E-state index >= 15 is 0 Å². The molecule has 6 nitrogen and oxygen atoms in total. The predicted molar refractivity (Wildman–Crippen MR) is 101 cm³/mol. The number of nitrogens with zero attached hydrogens (tertiary/aromatic N) is 5. The van der Waals surface area contributed by atoms with Crippen molar-refractivity contribution in [3.63, 3.8) is 0 Å². The molecule has 0 N–H and O–H groups in total. The summed E-state index contributed by atoms with van der Waals surface area (Å²) in [6.45, 7) is 2.65. The summed E-state index contributed by atoms with van der Waals surface area (Å²) < 4.78 is 14.9. The van der Waals surface area contributed by atoms with Crippen molar-refractivity contribution >= 4 is 5.91 Å². The number of hydrogen-bond donors (Lipinski definition) is 0. The average molecular weight is 377 g/mol. The van der Waals surface area contributed by atoms with E-state index in [1.54, 1.807) is 29.1 Å². The van der Waals surface area contributed by atoms with Gasteiger partial charge in [0, 0.05) is 42.5 Å². The molecular formula is C21H20FN5O. The Morgan fingerprint density at radius 2 is 2.04 bits per heavy atom. The van der Waals surface area contributed by atoms with Crippen LogP contribution in [-0.2, 0) is 13.0 Å². The van der Waals surface area contributed by atoms with Gasteiger partial charge in [0.15, 0.2) is 5.82 Å². The van der Waals surface area contributed by atoms with E-state index in [9.17, 15) is 9.18 Å². The first-order valence-corrected chi connectivity index (χ1v) is 9.62. The number of carbonyl (C=O) groups excluding carboxylic acids is 1. The fourth-order valence-electron chi connectivity index (χ4n) is 4.42. The number of benzene rings is 1. The van der Waals surface area contributed by atoms with E-state index in [4.69, 9.17) is 4.98 Å². The van der Waals surface area contributed by atoms with Crippen LogP contribution in [0, 0.1) is 5.82 Å². The van der Waals surface area contributed by atoms with E-state index < -0.39 is 0 Å². The lowest BCUT2D eigenvalue weighted by molar-refractivity contribution is 0.0631. The highest BCUT2D eigenvalue weighted by Crippen LogP contribution is 2.44. The van der Waals surface area contributed by atoms with Crippen LogP contribution in [-0.4, -0.2) is 36.6 Å². The molecule has 1 amide bonds. The van der Waals surface area contributed by atoms with E-state index in [1.807, 2.05) is 18.0 Å². The van der Waals surface area contributed by atoms with Crippen LogP contribution in [0.2, 0.25) is 0 Å². The van der Waals surface area contributed by atoms with Crippen LogP contribution in [0.25, 0.3) is 11.4 Å². The molecule has 2 aromatic heterocycles. The molecule has 0 radical (unpaired) electrons. The van der Waals surface area contributed by atoms with Crippen molar-refractivity contribution in [3.05, 3.63) is 65.5 Å². The first-order valence-electron chi connectivity index (χ1n) is 9.62. The highest BCUT2D eigenvalue weighted by molar-refractivity contribution is 5.93. The third-order valence-corrected chi connectivity index (χ3v) is 5.76. The van der Waals surface area contributed by atoms with Gasteiger partial charge in [-0.2, -0.15) is 5.10 Å². The summed E-state index contributed by atoms with van der Waals surface area (Å²) in [5.74, 6) is 0.349. The highest BCUT2D eigenvalue weighted by atomic mass is 19.1. The molecule has 5 rings (SSSR count). The van der Waals surface area contributed by atoms with Crippen LogP contribution >= 0.6 is 0 Å². The average Bonchev–Trinajstić information content (AvgIpc) is 3.31. The number of aryl methyl sites for hydroxylation is 1. The lowest BCUT2D eigenvalue weighted by atomic mass is 9.98. The number of hydrogen-bond acceptors (Lipinski definition) is 4. The van der Waals surface area contributed by atoms with E-state index in [0.29, 0.717) is 24.5 Å². The SMILES string of the molecule is CCn1nccc1C(=O)N1C2CCC1c1cnc(-c3ccc(F)cc3)nc1C2. The number of fused-ring (bicyclic) bond motifs is 4. The topological polar surface area (TPSA) is 63.9 Å². The Bertz CT molecular complexity index is 1050. The van der Waals surface area contributed by atoms with Crippen molar-refractivity contribution < 1.29 is 9.18 Å². The summed E-state index contributed by atoms with van der Waals surface area (Å²) in [4.78, 5) is 24.5. The van der Waals surface area contributed by atoms with Crippen LogP contribution in [0.3, 0.4) is 0 Å². The standard InChI is InChI=1S/C21H20FN5O/c1-2-26-19(9-10-24-26)21(28)27-15-7-8-18(27)16-12-23-20(25-17(16)11-15)13-3-5-14(22)6-4-13/h3-6,9-10,12,15,18H,2,7-8,11H2,1H3. The van der Waals surface area contributed by atoms with Crippen molar-refractivity contribution in [2.24, 2.45) is 0 Å². The van der Waals surface area contributed by atoms with Crippen molar-refractivity contribution in [2.75, 3.05) is 0 Å². The predicted octanol–water partition coefficient (Wildman–Crippen LogP) is 3.40. The lowest BCUT2D eigenvalue weighted by Gasteiger charge is -2.35. The summed E-state index contributed by atoms with van der Waals surface area (Å²) >= 11 is 0. The summed E-state index contributed by atoms with van der Waals surface area (Å²) in [5.41, 5.74) is 3.44. The molecule has 7 heteroatoms. The Hall–Kier alpha value is -3.09. The molecule has 0 aliphatic carbocycles. The van der Waals surface area contributed by atoms with Gasteiger partial charge < -0.3 is 4.90 Å². The van der Waals surface area contributed by atoms with Gasteiger partial charge in [0.2, 0.25) is 0 Å². The Morgan fingerprint density at radius 3 is 2.82 bits per heavy atom. The summed E-state index contributed by atoms with van der Waals surface area (Å²) in [7, 11) is 0. The van der Waals surface area contributed by atoms with Crippen LogP contribution < -0.4 is 0 Å². The van der Waals surface area contributed by atoms with Crippen molar-refractivity contribution in [1.29, 1.82) is 0 Å². The quantitative estimate of drug-likeness (QED) is 0.702. The molecule has 2 unspecified atom stereocenters. The zero-order valence-corrected chi connectivity index (χ0v) is 15.5. The van der Waals surface area contributed by atoms with Crippen LogP contribution in [0.1, 0.15) is 47.6 Å². The Kier molecular flexibility index (Phi) is 3.96. The number of carbonyl (C=O) groups is 1. The molecule has 3 aromatic rings. The second-order valence-corrected chi connectivity index (χ2v) is 7.30. The van der Waals surface area contributed by atoms with Gasteiger partial charge in [-0.3, -0.25) is 9.48 Å². The fourth-order valence-corrected chi connectivity index (χ4v) is 4.42. The molecule has 4 heterocycles. The second kappa shape index (κ2) is 6.51. The molecular weight excluding hydrogens is 357 g/mol. The molecule has 142 valence electrons. The fraction of sp³-hybridized carbons (Fsp3) is 0.333. The van der Waals surface area contributed by atoms with E-state index in [2.05, 4.69) is 10.1 Å². The lowest BCUT2D eigenvalue weighted by Crippen LogP contribution is -2.43. The zero-order chi connectivity index (χ0) is 19.3. The first kappa shape index (κ1) is 17.0. The van der Waals surface area contributed by atoms with Gasteiger partial charge in [-0.05, 0) is 50.1 Å². The summed E-state index contributed by atoms with van der Waals surface area (Å²) in [6, 6.07) is 8.14. The van der Waals surface area contributed by atoms with E-state index in [-0.39, 0.29) is 23.8 Å². The van der Waals surface area contributed by atoms with Crippen LogP contribution in [0.5, 0.6) is 0 Å². The minimum absolute atomic E-state index is 0.00345.